The third-order valence-electron chi connectivity index (χ3n) is 1.39. The monoisotopic (exact) mass is 278 g/mol. The second kappa shape index (κ2) is 3.72. The van der Waals surface area contributed by atoms with Gasteiger partial charge in [-0.1, -0.05) is 6.07 Å². The van der Waals surface area contributed by atoms with Crippen LogP contribution in [0.5, 0.6) is 0 Å². The summed E-state index contributed by atoms with van der Waals surface area (Å²) in [6.07, 6.45) is 0. The average Bonchev–Trinajstić information content (AvgIpc) is 2.03. The van der Waals surface area contributed by atoms with Crippen molar-refractivity contribution in [3.8, 4) is 0 Å². The summed E-state index contributed by atoms with van der Waals surface area (Å²) in [7, 11) is 0. The summed E-state index contributed by atoms with van der Waals surface area (Å²) < 4.78 is 0.787. The molecule has 0 unspecified atom stereocenters. The molecule has 1 aromatic carbocycles. The van der Waals surface area contributed by atoms with Gasteiger partial charge in [-0.05, 0) is 34.7 Å². The second-order valence-corrected chi connectivity index (χ2v) is 3.27. The zero-order chi connectivity index (χ0) is 9.14. The number of nitrogens with two attached hydrogens (primary N) is 1. The van der Waals surface area contributed by atoms with Crippen LogP contribution in [0.1, 0.15) is 10.4 Å². The summed E-state index contributed by atoms with van der Waals surface area (Å²) in [4.78, 5) is 10.6. The van der Waals surface area contributed by atoms with Crippen molar-refractivity contribution < 1.29 is 9.90 Å². The quantitative estimate of drug-likeness (QED) is 0.432. The van der Waals surface area contributed by atoms with Crippen LogP contribution in [0.2, 0.25) is 0 Å². The Bertz CT molecular complexity index is 314. The summed E-state index contributed by atoms with van der Waals surface area (Å²) >= 11 is 2.01. The number of para-hydroxylation sites is 1. The van der Waals surface area contributed by atoms with Crippen LogP contribution in [0.4, 0.5) is 5.69 Å². The number of carboxylic acid groups (broad SMARTS) is 1. The fraction of sp³-hybridized carbons (Fsp3) is 0. The predicted octanol–water partition coefficient (Wildman–Crippen LogP) is 1.28. The first kappa shape index (κ1) is 9.27. The van der Waals surface area contributed by atoms with E-state index in [0.717, 1.165) is 3.57 Å². The number of anilines is 1. The van der Waals surface area contributed by atoms with Crippen molar-refractivity contribution in [2.45, 2.75) is 0 Å². The van der Waals surface area contributed by atoms with Gasteiger partial charge in [0.25, 0.3) is 0 Å². The van der Waals surface area contributed by atoms with Gasteiger partial charge in [-0.15, -0.1) is 0 Å². The van der Waals surface area contributed by atoms with Gasteiger partial charge in [-0.3, -0.25) is 5.84 Å². The molecule has 0 aliphatic carbocycles. The standard InChI is InChI=1S/C7H7IN2O2/c8-5-3-1-2-4(7(11)12)6(5)10-9/h1-3,10H,9H2,(H,11,12). The summed E-state index contributed by atoms with van der Waals surface area (Å²) in [5, 5.41) is 8.72. The molecule has 64 valence electrons. The van der Waals surface area contributed by atoms with E-state index >= 15 is 0 Å². The van der Waals surface area contributed by atoms with E-state index in [1.807, 2.05) is 22.6 Å². The lowest BCUT2D eigenvalue weighted by Crippen LogP contribution is -2.13. The topological polar surface area (TPSA) is 75.3 Å². The van der Waals surface area contributed by atoms with Gasteiger partial charge in [0.1, 0.15) is 0 Å². The van der Waals surface area contributed by atoms with Crippen LogP contribution in [0, 0.1) is 3.57 Å². The van der Waals surface area contributed by atoms with Crippen LogP contribution in [0.25, 0.3) is 0 Å². The van der Waals surface area contributed by atoms with Crippen molar-refractivity contribution in [1.82, 2.24) is 0 Å². The van der Waals surface area contributed by atoms with E-state index in [-0.39, 0.29) is 5.56 Å². The van der Waals surface area contributed by atoms with Crippen molar-refractivity contribution in [3.63, 3.8) is 0 Å². The Kier molecular flexibility index (Phi) is 2.88. The molecule has 0 fully saturated rings. The molecule has 5 heteroatoms. The van der Waals surface area contributed by atoms with Crippen LogP contribution in [-0.2, 0) is 0 Å². The highest BCUT2D eigenvalue weighted by Gasteiger charge is 2.10. The maximum absolute atomic E-state index is 10.6. The lowest BCUT2D eigenvalue weighted by molar-refractivity contribution is 0.0698. The molecule has 0 aromatic heterocycles. The summed E-state index contributed by atoms with van der Waals surface area (Å²) in [6, 6.07) is 4.95. The number of rotatable bonds is 2. The summed E-state index contributed by atoms with van der Waals surface area (Å²) in [5.74, 6) is 4.19. The molecule has 0 aliphatic rings. The van der Waals surface area contributed by atoms with Gasteiger partial charge in [0.15, 0.2) is 0 Å². The van der Waals surface area contributed by atoms with Crippen molar-refractivity contribution in [2.24, 2.45) is 5.84 Å². The Morgan fingerprint density at radius 3 is 2.67 bits per heavy atom. The van der Waals surface area contributed by atoms with Crippen molar-refractivity contribution in [3.05, 3.63) is 27.3 Å². The zero-order valence-corrected chi connectivity index (χ0v) is 8.20. The number of hydrogen-bond acceptors (Lipinski definition) is 3. The van der Waals surface area contributed by atoms with Gasteiger partial charge >= 0.3 is 5.97 Å². The third-order valence-corrected chi connectivity index (χ3v) is 2.29. The fourth-order valence-electron chi connectivity index (χ4n) is 0.849. The minimum absolute atomic E-state index is 0.185. The minimum Gasteiger partial charge on any atom is -0.478 e. The van der Waals surface area contributed by atoms with Crippen LogP contribution in [0.3, 0.4) is 0 Å². The van der Waals surface area contributed by atoms with Gasteiger partial charge < -0.3 is 10.5 Å². The Labute approximate surface area is 82.9 Å². The van der Waals surface area contributed by atoms with Gasteiger partial charge in [0.05, 0.1) is 11.3 Å². The molecule has 0 saturated carbocycles. The van der Waals surface area contributed by atoms with Crippen molar-refractivity contribution in [2.75, 3.05) is 5.43 Å². The van der Waals surface area contributed by atoms with Crippen LogP contribution in [-0.4, -0.2) is 11.1 Å². The number of nitrogen functional groups attached to an aromatic ring is 1. The van der Waals surface area contributed by atoms with Gasteiger partial charge in [0.2, 0.25) is 0 Å². The molecular weight excluding hydrogens is 271 g/mol. The number of carboxylic acids is 1. The minimum atomic E-state index is -0.985. The lowest BCUT2D eigenvalue weighted by Gasteiger charge is -2.06. The molecule has 0 amide bonds. The average molecular weight is 278 g/mol. The number of carbonyl (C=O) groups is 1. The Morgan fingerprint density at radius 1 is 1.58 bits per heavy atom. The maximum atomic E-state index is 10.6. The largest absolute Gasteiger partial charge is 0.478 e. The van der Waals surface area contributed by atoms with Crippen LogP contribution in [0.15, 0.2) is 18.2 Å². The van der Waals surface area contributed by atoms with E-state index in [0.29, 0.717) is 5.69 Å². The molecule has 1 aromatic rings. The highest BCUT2D eigenvalue weighted by Crippen LogP contribution is 2.21. The van der Waals surface area contributed by atoms with Crippen LogP contribution >= 0.6 is 22.6 Å². The molecule has 4 nitrogen and oxygen atoms in total. The predicted molar refractivity (Wildman–Crippen MR) is 53.9 cm³/mol. The SMILES string of the molecule is NNc1c(I)cccc1C(=O)O. The molecule has 0 radical (unpaired) electrons. The van der Waals surface area contributed by atoms with E-state index in [1.165, 1.54) is 6.07 Å². The second-order valence-electron chi connectivity index (χ2n) is 2.11. The molecule has 0 aliphatic heterocycles. The van der Waals surface area contributed by atoms with Crippen molar-refractivity contribution >= 4 is 34.2 Å². The number of benzene rings is 1. The molecular formula is C7H7IN2O2. The molecule has 12 heavy (non-hydrogen) atoms. The zero-order valence-electron chi connectivity index (χ0n) is 6.04. The normalized spacial score (nSPS) is 9.50. The van der Waals surface area contributed by atoms with Gasteiger partial charge in [0, 0.05) is 3.57 Å². The number of nitrogens with one attached hydrogen (secondary N) is 1. The summed E-state index contributed by atoms with van der Waals surface area (Å²) in [6.45, 7) is 0. The molecule has 0 bridgehead atoms. The van der Waals surface area contributed by atoms with E-state index in [9.17, 15) is 4.79 Å². The Hall–Kier alpha value is -0.820. The first-order valence-corrected chi connectivity index (χ1v) is 4.23. The molecule has 0 spiro atoms. The number of hydrogen-bond donors (Lipinski definition) is 3. The lowest BCUT2D eigenvalue weighted by atomic mass is 10.2. The smallest absolute Gasteiger partial charge is 0.337 e. The van der Waals surface area contributed by atoms with Crippen molar-refractivity contribution in [1.29, 1.82) is 0 Å². The van der Waals surface area contributed by atoms with Gasteiger partial charge in [-0.25, -0.2) is 4.79 Å². The fourth-order valence-corrected chi connectivity index (χ4v) is 1.50. The molecule has 0 saturated heterocycles. The maximum Gasteiger partial charge on any atom is 0.337 e. The number of aromatic carboxylic acids is 1. The van der Waals surface area contributed by atoms with Crippen LogP contribution < -0.4 is 11.3 Å². The van der Waals surface area contributed by atoms with E-state index in [1.54, 1.807) is 12.1 Å². The summed E-state index contributed by atoms with van der Waals surface area (Å²) in [5.41, 5.74) is 2.99. The Morgan fingerprint density at radius 2 is 2.25 bits per heavy atom. The number of halogens is 1. The van der Waals surface area contributed by atoms with E-state index < -0.39 is 5.97 Å². The Balaban J connectivity index is 3.27. The molecule has 1 rings (SSSR count). The third kappa shape index (κ3) is 1.67. The van der Waals surface area contributed by atoms with E-state index in [2.05, 4.69) is 5.43 Å². The first-order valence-electron chi connectivity index (χ1n) is 3.15. The molecule has 0 heterocycles. The first-order chi connectivity index (χ1) is 5.66. The molecule has 0 atom stereocenters. The van der Waals surface area contributed by atoms with Gasteiger partial charge in [-0.2, -0.15) is 0 Å². The van der Waals surface area contributed by atoms with E-state index in [4.69, 9.17) is 10.9 Å². The highest BCUT2D eigenvalue weighted by atomic mass is 127. The molecule has 4 N–H and O–H groups in total. The highest BCUT2D eigenvalue weighted by molar-refractivity contribution is 14.1. The number of hydrazine groups is 1.